The summed E-state index contributed by atoms with van der Waals surface area (Å²) in [4.78, 5) is 20.1. The lowest BCUT2D eigenvalue weighted by molar-refractivity contribution is 0.658. The number of anilines is 8. The molecule has 110 heavy (non-hydrogen) atoms. The second kappa shape index (κ2) is 38.6. The van der Waals surface area contributed by atoms with E-state index in [2.05, 4.69) is 342 Å². The van der Waals surface area contributed by atoms with Crippen LogP contribution in [0.3, 0.4) is 0 Å². The lowest BCUT2D eigenvalue weighted by atomic mass is 9.82. The van der Waals surface area contributed by atoms with Crippen LogP contribution in [0, 0.1) is 0 Å². The van der Waals surface area contributed by atoms with Gasteiger partial charge in [0.25, 0.3) is 0 Å². The molecule has 568 valence electrons. The molecule has 8 heteroatoms. The molecule has 0 N–H and O–H groups in total. The molecule has 2 aliphatic carbocycles. The molecule has 20 rings (SSSR count). The Morgan fingerprint density at radius 3 is 1.14 bits per heavy atom. The van der Waals surface area contributed by atoms with Crippen LogP contribution in [0.15, 0.2) is 306 Å². The lowest BCUT2D eigenvalue weighted by Gasteiger charge is -2.31. The highest BCUT2D eigenvalue weighted by molar-refractivity contribution is 8.00. The van der Waals surface area contributed by atoms with Crippen LogP contribution in [0.1, 0.15) is 161 Å². The quantitative estimate of drug-likeness (QED) is 0.109. The minimum Gasteiger partial charge on any atom is -0.343 e. The van der Waals surface area contributed by atoms with Crippen molar-refractivity contribution in [3.8, 4) is 22.3 Å². The van der Waals surface area contributed by atoms with E-state index in [9.17, 15) is 0 Å². The maximum absolute atomic E-state index is 2.42. The number of hydrogen-bond acceptors (Lipinski definition) is 8. The zero-order chi connectivity index (χ0) is 79.7. The van der Waals surface area contributed by atoms with E-state index < -0.39 is 0 Å². The Morgan fingerprint density at radius 1 is 0.218 bits per heavy atom. The standard InChI is InChI=1S/2C22H19NS.2C21H15NS.8C2H6/c1-22(2)16-9-5-4-8-14(16)15-12-19-21(13-17(15)22)24-20-11-7-6-10-18(20)23(19)3;1-22(2)15-9-5-4-8-14(15)20-16(22)12-13-18-21(20)24-19-11-7-6-10-17(19)23(18)3;1-22-18-12-6-7-13-19(18)23-21-17-11-5-3-9-15(17)14-8-2-4-10-16(14)20(21)22;1-22-18-8-4-5-9-20(18)23-21-17-13-15-7-3-2-6-14(15)12-16(17)10-11-19(21)22;8*1-2/h2*4-13H,1-3H3;2*2-13H,1H3;8*1-2H3. The van der Waals surface area contributed by atoms with Crippen molar-refractivity contribution in [2.24, 2.45) is 0 Å². The molecule has 0 saturated carbocycles. The van der Waals surface area contributed by atoms with Gasteiger partial charge in [-0.05, 0) is 162 Å². The maximum Gasteiger partial charge on any atom is 0.0636 e. The van der Waals surface area contributed by atoms with E-state index in [0.29, 0.717) is 0 Å². The monoisotopic (exact) mass is 1520 g/mol. The fraction of sp³-hybridized carbons (Fsp3) is 0.255. The van der Waals surface area contributed by atoms with E-state index in [1.165, 1.54) is 172 Å². The summed E-state index contributed by atoms with van der Waals surface area (Å²) in [5.41, 5.74) is 21.9. The highest BCUT2D eigenvalue weighted by Crippen LogP contribution is 2.60. The van der Waals surface area contributed by atoms with Crippen LogP contribution < -0.4 is 19.6 Å². The van der Waals surface area contributed by atoms with Crippen molar-refractivity contribution in [3.63, 3.8) is 0 Å². The summed E-state index contributed by atoms with van der Waals surface area (Å²) in [6.45, 7) is 41.4. The SMILES string of the molecule is CC.CC.CC.CC.CC.CC.CC.CC.CN1c2ccccc2Sc2c1c1ccccc1c1ccccc21.CN1c2ccccc2Sc2c1ccc1c2-c2ccccc2C1(C)C.CN1c2ccccc2Sc2c1ccc1cc3ccccc3cc21.CN1c2ccccc2Sc2cc3c(cc21)-c1ccccc1C3(C)C. The van der Waals surface area contributed by atoms with Crippen molar-refractivity contribution in [3.05, 3.63) is 289 Å². The molecule has 0 atom stereocenters. The smallest absolute Gasteiger partial charge is 0.0636 e. The molecule has 0 unspecified atom stereocenters. The van der Waals surface area contributed by atoms with Crippen LogP contribution in [-0.4, -0.2) is 28.2 Å². The fourth-order valence-electron chi connectivity index (χ4n) is 15.3. The first kappa shape index (κ1) is 84.7. The third-order valence-corrected chi connectivity index (χ3v) is 24.9. The Balaban J connectivity index is 0.000000159. The van der Waals surface area contributed by atoms with Crippen LogP contribution in [-0.2, 0) is 10.8 Å². The zero-order valence-corrected chi connectivity index (χ0v) is 73.1. The predicted molar refractivity (Wildman–Crippen MR) is 496 cm³/mol. The lowest BCUT2D eigenvalue weighted by Crippen LogP contribution is -2.17. The third kappa shape index (κ3) is 15.9. The van der Waals surface area contributed by atoms with Gasteiger partial charge in [0.2, 0.25) is 0 Å². The van der Waals surface area contributed by atoms with Gasteiger partial charge in [-0.25, -0.2) is 0 Å². The summed E-state index contributed by atoms with van der Waals surface area (Å²) in [7, 11) is 8.69. The maximum atomic E-state index is 2.42. The Hall–Kier alpha value is -9.28. The summed E-state index contributed by atoms with van der Waals surface area (Å²) in [5.74, 6) is 0. The second-order valence-corrected chi connectivity index (χ2v) is 30.4. The third-order valence-electron chi connectivity index (χ3n) is 20.2. The summed E-state index contributed by atoms with van der Waals surface area (Å²) in [5, 5.41) is 10.6. The molecule has 0 fully saturated rings. The van der Waals surface area contributed by atoms with Crippen molar-refractivity contribution >= 4 is 136 Å². The predicted octanol–water partition coefficient (Wildman–Crippen LogP) is 33.1. The number of hydrogen-bond donors (Lipinski definition) is 0. The molecule has 4 aliphatic heterocycles. The average molecular weight is 1530 g/mol. The van der Waals surface area contributed by atoms with E-state index in [4.69, 9.17) is 0 Å². The van der Waals surface area contributed by atoms with Gasteiger partial charge < -0.3 is 19.6 Å². The minimum atomic E-state index is 0.0665. The van der Waals surface area contributed by atoms with E-state index >= 15 is 0 Å². The van der Waals surface area contributed by atoms with Gasteiger partial charge in [-0.3, -0.25) is 0 Å². The first-order chi connectivity index (χ1) is 53.8. The molecular weight excluding hydrogens is 1410 g/mol. The van der Waals surface area contributed by atoms with Gasteiger partial charge in [0, 0.05) is 89.1 Å². The van der Waals surface area contributed by atoms with E-state index in [1.807, 2.05) is 158 Å². The van der Waals surface area contributed by atoms with E-state index in [-0.39, 0.29) is 10.8 Å². The molecule has 0 amide bonds. The normalized spacial score (nSPS) is 13.0. The van der Waals surface area contributed by atoms with Crippen LogP contribution in [0.5, 0.6) is 0 Å². The Kier molecular flexibility index (Phi) is 29.7. The molecule has 0 bridgehead atoms. The summed E-state index contributed by atoms with van der Waals surface area (Å²) < 4.78 is 0. The van der Waals surface area contributed by atoms with Gasteiger partial charge >= 0.3 is 0 Å². The van der Waals surface area contributed by atoms with Crippen molar-refractivity contribution in [1.29, 1.82) is 0 Å². The summed E-state index contributed by atoms with van der Waals surface area (Å²) in [6, 6.07) is 97.0. The second-order valence-electron chi connectivity index (χ2n) is 26.2. The molecule has 0 aromatic heterocycles. The Bertz CT molecular complexity index is 5440. The molecule has 4 heterocycles. The van der Waals surface area contributed by atoms with Crippen LogP contribution in [0.25, 0.3) is 65.3 Å². The first-order valence-electron chi connectivity index (χ1n) is 40.3. The van der Waals surface area contributed by atoms with Gasteiger partial charge in [-0.15, -0.1) is 0 Å². The van der Waals surface area contributed by atoms with Crippen molar-refractivity contribution in [2.75, 3.05) is 47.8 Å². The average Bonchev–Trinajstić information content (AvgIpc) is 1.49. The molecule has 14 aromatic rings. The molecule has 0 spiro atoms. The number of para-hydroxylation sites is 4. The van der Waals surface area contributed by atoms with Crippen LogP contribution in [0.2, 0.25) is 0 Å². The van der Waals surface area contributed by atoms with Gasteiger partial charge in [-0.2, -0.15) is 0 Å². The topological polar surface area (TPSA) is 13.0 Å². The fourth-order valence-corrected chi connectivity index (χ4v) is 20.3. The van der Waals surface area contributed by atoms with Gasteiger partial charge in [0.1, 0.15) is 0 Å². The number of fused-ring (bicyclic) bond motifs is 23. The zero-order valence-electron chi connectivity index (χ0n) is 69.8. The van der Waals surface area contributed by atoms with Crippen molar-refractivity contribution in [2.45, 2.75) is 188 Å². The Labute approximate surface area is 678 Å². The van der Waals surface area contributed by atoms with Gasteiger partial charge in [-0.1, -0.05) is 368 Å². The highest BCUT2D eigenvalue weighted by Gasteiger charge is 2.40. The summed E-state index contributed by atoms with van der Waals surface area (Å²) in [6.07, 6.45) is 0. The largest absolute Gasteiger partial charge is 0.343 e. The van der Waals surface area contributed by atoms with E-state index in [0.717, 1.165) is 0 Å². The van der Waals surface area contributed by atoms with Crippen LogP contribution in [0.4, 0.5) is 45.5 Å². The number of rotatable bonds is 0. The Morgan fingerprint density at radius 2 is 0.591 bits per heavy atom. The van der Waals surface area contributed by atoms with Gasteiger partial charge in [0.05, 0.1) is 45.5 Å². The molecular formula is C102H116N4S4. The van der Waals surface area contributed by atoms with Gasteiger partial charge in [0.15, 0.2) is 0 Å². The number of benzene rings is 14. The van der Waals surface area contributed by atoms with Crippen molar-refractivity contribution < 1.29 is 0 Å². The highest BCUT2D eigenvalue weighted by atomic mass is 32.2. The molecule has 0 saturated heterocycles. The minimum absolute atomic E-state index is 0.0665. The molecule has 6 aliphatic rings. The molecule has 4 nitrogen and oxygen atoms in total. The summed E-state index contributed by atoms with van der Waals surface area (Å²) >= 11 is 7.58. The first-order valence-corrected chi connectivity index (χ1v) is 43.6. The van der Waals surface area contributed by atoms with Crippen molar-refractivity contribution in [1.82, 2.24) is 0 Å². The van der Waals surface area contributed by atoms with Crippen LogP contribution >= 0.6 is 47.0 Å². The number of nitrogens with zero attached hydrogens (tertiary/aromatic N) is 4. The molecule has 14 aromatic carbocycles. The van der Waals surface area contributed by atoms with E-state index in [1.54, 1.807) is 0 Å². The molecule has 0 radical (unpaired) electrons.